The molecule has 0 saturated carbocycles. The Labute approximate surface area is 108 Å². The molecule has 4 heteroatoms. The second-order valence-corrected chi connectivity index (χ2v) is 5.03. The standard InChI is InChI=1S/C14H22FNO2/c1-11-5-6-12(15)9-13(11)18-8-4-3-7-14(2,16)10-17/h5-6,9,17H,3-4,7-8,10,16H2,1-2H3. The van der Waals surface area contributed by atoms with Gasteiger partial charge < -0.3 is 15.6 Å². The molecule has 1 aromatic carbocycles. The van der Waals surface area contributed by atoms with E-state index in [4.69, 9.17) is 15.6 Å². The Balaban J connectivity index is 2.28. The van der Waals surface area contributed by atoms with Gasteiger partial charge in [-0.15, -0.1) is 0 Å². The molecule has 0 saturated heterocycles. The molecule has 3 N–H and O–H groups in total. The third-order valence-corrected chi connectivity index (χ3v) is 2.91. The maximum absolute atomic E-state index is 13.0. The summed E-state index contributed by atoms with van der Waals surface area (Å²) in [4.78, 5) is 0. The summed E-state index contributed by atoms with van der Waals surface area (Å²) in [5.74, 6) is 0.304. The lowest BCUT2D eigenvalue weighted by molar-refractivity contribution is 0.194. The molecule has 0 amide bonds. The first-order chi connectivity index (χ1) is 8.44. The van der Waals surface area contributed by atoms with Gasteiger partial charge in [-0.2, -0.15) is 0 Å². The first kappa shape index (κ1) is 14.9. The molecule has 1 atom stereocenters. The second kappa shape index (κ2) is 6.71. The maximum Gasteiger partial charge on any atom is 0.126 e. The van der Waals surface area contributed by atoms with Crippen molar-refractivity contribution in [2.75, 3.05) is 13.2 Å². The van der Waals surface area contributed by atoms with E-state index in [1.54, 1.807) is 6.07 Å². The highest BCUT2D eigenvalue weighted by atomic mass is 19.1. The van der Waals surface area contributed by atoms with Gasteiger partial charge in [0, 0.05) is 11.6 Å². The van der Waals surface area contributed by atoms with E-state index in [-0.39, 0.29) is 12.4 Å². The zero-order valence-corrected chi connectivity index (χ0v) is 11.1. The average molecular weight is 255 g/mol. The topological polar surface area (TPSA) is 55.5 Å². The molecule has 0 aliphatic heterocycles. The number of hydrogen-bond donors (Lipinski definition) is 2. The average Bonchev–Trinajstić information content (AvgIpc) is 2.33. The Morgan fingerprint density at radius 1 is 1.39 bits per heavy atom. The molecule has 3 nitrogen and oxygen atoms in total. The molecular formula is C14H22FNO2. The number of benzene rings is 1. The predicted molar refractivity (Wildman–Crippen MR) is 70.2 cm³/mol. The Kier molecular flexibility index (Phi) is 5.56. The zero-order valence-electron chi connectivity index (χ0n) is 11.1. The number of ether oxygens (including phenoxy) is 1. The highest BCUT2D eigenvalue weighted by molar-refractivity contribution is 5.32. The fourth-order valence-corrected chi connectivity index (χ4v) is 1.62. The monoisotopic (exact) mass is 255 g/mol. The normalized spacial score (nSPS) is 14.3. The van der Waals surface area contributed by atoms with Crippen molar-refractivity contribution in [2.45, 2.75) is 38.6 Å². The highest BCUT2D eigenvalue weighted by Crippen LogP contribution is 2.19. The highest BCUT2D eigenvalue weighted by Gasteiger charge is 2.15. The molecule has 18 heavy (non-hydrogen) atoms. The fraction of sp³-hybridized carbons (Fsp3) is 0.571. The number of aliphatic hydroxyl groups is 1. The van der Waals surface area contributed by atoms with Gasteiger partial charge in [-0.25, -0.2) is 4.39 Å². The molecule has 0 fully saturated rings. The van der Waals surface area contributed by atoms with Crippen molar-refractivity contribution >= 4 is 0 Å². The molecule has 1 rings (SSSR count). The number of aliphatic hydroxyl groups excluding tert-OH is 1. The first-order valence-corrected chi connectivity index (χ1v) is 6.23. The Bertz CT molecular complexity index is 380. The number of rotatable bonds is 7. The quantitative estimate of drug-likeness (QED) is 0.736. The fourth-order valence-electron chi connectivity index (χ4n) is 1.62. The van der Waals surface area contributed by atoms with Crippen molar-refractivity contribution in [3.05, 3.63) is 29.6 Å². The molecule has 0 spiro atoms. The van der Waals surface area contributed by atoms with E-state index in [0.717, 1.165) is 24.8 Å². The van der Waals surface area contributed by atoms with E-state index < -0.39 is 5.54 Å². The van der Waals surface area contributed by atoms with Gasteiger partial charge in [-0.05, 0) is 44.7 Å². The summed E-state index contributed by atoms with van der Waals surface area (Å²) < 4.78 is 18.5. The molecule has 0 aliphatic carbocycles. The number of halogens is 1. The number of aryl methyl sites for hydroxylation is 1. The van der Waals surface area contributed by atoms with Gasteiger partial charge in [0.05, 0.1) is 13.2 Å². The molecule has 0 bridgehead atoms. The van der Waals surface area contributed by atoms with Gasteiger partial charge in [0.2, 0.25) is 0 Å². The molecule has 0 heterocycles. The van der Waals surface area contributed by atoms with E-state index in [2.05, 4.69) is 0 Å². The third-order valence-electron chi connectivity index (χ3n) is 2.91. The van der Waals surface area contributed by atoms with Crippen molar-refractivity contribution in [1.29, 1.82) is 0 Å². The zero-order chi connectivity index (χ0) is 13.6. The van der Waals surface area contributed by atoms with Crippen LogP contribution in [0.4, 0.5) is 4.39 Å². The minimum Gasteiger partial charge on any atom is -0.493 e. The predicted octanol–water partition coefficient (Wildman–Crippen LogP) is 2.39. The molecular weight excluding hydrogens is 233 g/mol. The second-order valence-electron chi connectivity index (χ2n) is 5.03. The lowest BCUT2D eigenvalue weighted by atomic mass is 9.97. The van der Waals surface area contributed by atoms with E-state index >= 15 is 0 Å². The van der Waals surface area contributed by atoms with Gasteiger partial charge in [-0.3, -0.25) is 0 Å². The molecule has 102 valence electrons. The number of hydrogen-bond acceptors (Lipinski definition) is 3. The van der Waals surface area contributed by atoms with Crippen LogP contribution in [0.1, 0.15) is 31.7 Å². The van der Waals surface area contributed by atoms with Crippen LogP contribution in [-0.4, -0.2) is 23.9 Å². The molecule has 1 aromatic rings. The van der Waals surface area contributed by atoms with Gasteiger partial charge in [0.1, 0.15) is 11.6 Å². The van der Waals surface area contributed by atoms with Gasteiger partial charge in [0.15, 0.2) is 0 Å². The van der Waals surface area contributed by atoms with Crippen LogP contribution in [0.2, 0.25) is 0 Å². The molecule has 0 aliphatic rings. The Morgan fingerprint density at radius 3 is 2.78 bits per heavy atom. The first-order valence-electron chi connectivity index (χ1n) is 6.23. The van der Waals surface area contributed by atoms with E-state index in [1.165, 1.54) is 12.1 Å². The van der Waals surface area contributed by atoms with Crippen molar-refractivity contribution < 1.29 is 14.2 Å². The molecule has 0 radical (unpaired) electrons. The van der Waals surface area contributed by atoms with Crippen molar-refractivity contribution in [2.24, 2.45) is 5.73 Å². The summed E-state index contributed by atoms with van der Waals surface area (Å²) in [5.41, 5.74) is 6.22. The third kappa shape index (κ3) is 5.02. The summed E-state index contributed by atoms with van der Waals surface area (Å²) >= 11 is 0. The number of unbranched alkanes of at least 4 members (excludes halogenated alkanes) is 1. The SMILES string of the molecule is Cc1ccc(F)cc1OCCCCC(C)(N)CO. The minimum atomic E-state index is -0.519. The van der Waals surface area contributed by atoms with Crippen LogP contribution >= 0.6 is 0 Å². The summed E-state index contributed by atoms with van der Waals surface area (Å²) in [6.45, 7) is 4.23. The largest absolute Gasteiger partial charge is 0.493 e. The van der Waals surface area contributed by atoms with E-state index in [1.807, 2.05) is 13.8 Å². The summed E-state index contributed by atoms with van der Waals surface area (Å²) in [6, 6.07) is 4.52. The smallest absolute Gasteiger partial charge is 0.126 e. The van der Waals surface area contributed by atoms with Crippen LogP contribution in [-0.2, 0) is 0 Å². The lowest BCUT2D eigenvalue weighted by Gasteiger charge is -2.21. The van der Waals surface area contributed by atoms with Crippen molar-refractivity contribution in [3.8, 4) is 5.75 Å². The van der Waals surface area contributed by atoms with E-state index in [9.17, 15) is 4.39 Å². The molecule has 0 aromatic heterocycles. The summed E-state index contributed by atoms with van der Waals surface area (Å²) in [5, 5.41) is 9.00. The van der Waals surface area contributed by atoms with E-state index in [0.29, 0.717) is 12.4 Å². The molecule has 1 unspecified atom stereocenters. The number of nitrogens with two attached hydrogens (primary N) is 1. The van der Waals surface area contributed by atoms with Crippen molar-refractivity contribution in [1.82, 2.24) is 0 Å². The summed E-state index contributed by atoms with van der Waals surface area (Å²) in [6.07, 6.45) is 2.46. The van der Waals surface area contributed by atoms with Gasteiger partial charge in [-0.1, -0.05) is 6.07 Å². The lowest BCUT2D eigenvalue weighted by Crippen LogP contribution is -2.39. The van der Waals surface area contributed by atoms with Crippen molar-refractivity contribution in [3.63, 3.8) is 0 Å². The Morgan fingerprint density at radius 2 is 2.11 bits per heavy atom. The van der Waals surface area contributed by atoms with Gasteiger partial charge >= 0.3 is 0 Å². The maximum atomic E-state index is 13.0. The van der Waals surface area contributed by atoms with Crippen LogP contribution in [0.25, 0.3) is 0 Å². The van der Waals surface area contributed by atoms with Crippen LogP contribution in [0.15, 0.2) is 18.2 Å². The van der Waals surface area contributed by atoms with Crippen LogP contribution in [0, 0.1) is 12.7 Å². The van der Waals surface area contributed by atoms with Crippen LogP contribution in [0.5, 0.6) is 5.75 Å². The summed E-state index contributed by atoms with van der Waals surface area (Å²) in [7, 11) is 0. The van der Waals surface area contributed by atoms with Gasteiger partial charge in [0.25, 0.3) is 0 Å². The minimum absolute atomic E-state index is 0.0170. The Hall–Kier alpha value is -1.13. The van der Waals surface area contributed by atoms with Crippen LogP contribution in [0.3, 0.4) is 0 Å². The van der Waals surface area contributed by atoms with Crippen LogP contribution < -0.4 is 10.5 Å².